The van der Waals surface area contributed by atoms with Crippen molar-refractivity contribution in [3.8, 4) is 0 Å². The molecule has 0 saturated carbocycles. The highest BCUT2D eigenvalue weighted by atomic mass is 32.2. The number of aryl methyl sites for hydroxylation is 1. The maximum absolute atomic E-state index is 8.78. The summed E-state index contributed by atoms with van der Waals surface area (Å²) in [5.74, 6) is 0.256. The van der Waals surface area contributed by atoms with Crippen LogP contribution in [-0.2, 0) is 0 Å². The number of nitrogens with zero attached hydrogens (tertiary/aromatic N) is 1. The summed E-state index contributed by atoms with van der Waals surface area (Å²) in [5.41, 5.74) is 1.24. The van der Waals surface area contributed by atoms with E-state index in [1.165, 1.54) is 17.3 Å². The van der Waals surface area contributed by atoms with Crippen molar-refractivity contribution in [3.05, 3.63) is 29.8 Å². The molecule has 76 valence electrons. The summed E-state index contributed by atoms with van der Waals surface area (Å²) in [5, 5.41) is 12.8. The van der Waals surface area contributed by atoms with Gasteiger partial charge in [-0.2, -0.15) is 0 Å². The van der Waals surface area contributed by atoms with Gasteiger partial charge in [-0.15, -0.1) is 0 Å². The average Bonchev–Trinajstić information content (AvgIpc) is 2.16. The third kappa shape index (κ3) is 3.07. The van der Waals surface area contributed by atoms with Gasteiger partial charge in [-0.05, 0) is 19.1 Å². The van der Waals surface area contributed by atoms with E-state index in [-0.39, 0.29) is 5.92 Å². The van der Waals surface area contributed by atoms with Crippen molar-refractivity contribution < 1.29 is 5.21 Å². The van der Waals surface area contributed by atoms with Crippen LogP contribution in [0.25, 0.3) is 0 Å². The van der Waals surface area contributed by atoms with Crippen molar-refractivity contribution in [2.75, 3.05) is 0 Å². The third-order valence-electron chi connectivity index (χ3n) is 1.84. The Kier molecular flexibility index (Phi) is 4.01. The van der Waals surface area contributed by atoms with Gasteiger partial charge in [-0.1, -0.05) is 48.5 Å². The van der Waals surface area contributed by atoms with Gasteiger partial charge in [0.05, 0.1) is 0 Å². The van der Waals surface area contributed by atoms with E-state index in [0.29, 0.717) is 0 Å². The van der Waals surface area contributed by atoms with Crippen LogP contribution in [0.2, 0.25) is 0 Å². The predicted octanol–water partition coefficient (Wildman–Crippen LogP) is 3.53. The van der Waals surface area contributed by atoms with Gasteiger partial charge in [0.25, 0.3) is 0 Å². The number of hydrogen-bond acceptors (Lipinski definition) is 3. The van der Waals surface area contributed by atoms with E-state index in [2.05, 4.69) is 24.2 Å². The Bertz CT molecular complexity index is 317. The summed E-state index contributed by atoms with van der Waals surface area (Å²) in [6.07, 6.45) is 0. The van der Waals surface area contributed by atoms with Crippen LogP contribution < -0.4 is 0 Å². The molecule has 0 saturated heterocycles. The Labute approximate surface area is 89.0 Å². The lowest BCUT2D eigenvalue weighted by atomic mass is 10.2. The van der Waals surface area contributed by atoms with Gasteiger partial charge in [0, 0.05) is 10.8 Å². The van der Waals surface area contributed by atoms with Gasteiger partial charge in [0.2, 0.25) is 0 Å². The second-order valence-electron chi connectivity index (χ2n) is 3.51. The molecule has 0 aliphatic rings. The van der Waals surface area contributed by atoms with Gasteiger partial charge in [-0.25, -0.2) is 0 Å². The fraction of sp³-hybridized carbons (Fsp3) is 0.364. The summed E-state index contributed by atoms with van der Waals surface area (Å²) >= 11 is 1.51. The van der Waals surface area contributed by atoms with Crippen LogP contribution in [0.3, 0.4) is 0 Å². The summed E-state index contributed by atoms with van der Waals surface area (Å²) in [4.78, 5) is 1.11. The number of oxime groups is 1. The Morgan fingerprint density at radius 2 is 1.86 bits per heavy atom. The Hall–Kier alpha value is -0.960. The monoisotopic (exact) mass is 209 g/mol. The highest BCUT2D eigenvalue weighted by Gasteiger charge is 2.07. The van der Waals surface area contributed by atoms with Crippen molar-refractivity contribution >= 4 is 16.8 Å². The molecule has 0 bridgehead atoms. The molecule has 0 amide bonds. The van der Waals surface area contributed by atoms with E-state index in [1.807, 2.05) is 26.0 Å². The highest BCUT2D eigenvalue weighted by molar-refractivity contribution is 8.14. The Morgan fingerprint density at radius 1 is 1.29 bits per heavy atom. The van der Waals surface area contributed by atoms with Gasteiger partial charge in [-0.3, -0.25) is 0 Å². The molecule has 1 aromatic carbocycles. The number of benzene rings is 1. The van der Waals surface area contributed by atoms with Crippen molar-refractivity contribution in [2.24, 2.45) is 11.1 Å². The maximum atomic E-state index is 8.78. The highest BCUT2D eigenvalue weighted by Crippen LogP contribution is 2.23. The zero-order chi connectivity index (χ0) is 10.6. The van der Waals surface area contributed by atoms with Gasteiger partial charge < -0.3 is 5.21 Å². The minimum atomic E-state index is 0.256. The van der Waals surface area contributed by atoms with E-state index >= 15 is 0 Å². The van der Waals surface area contributed by atoms with Crippen molar-refractivity contribution in [1.82, 2.24) is 0 Å². The number of hydrogen-bond donors (Lipinski definition) is 1. The first kappa shape index (κ1) is 11.1. The first-order chi connectivity index (χ1) is 6.63. The van der Waals surface area contributed by atoms with Crippen molar-refractivity contribution in [3.63, 3.8) is 0 Å². The minimum Gasteiger partial charge on any atom is -0.410 e. The second kappa shape index (κ2) is 5.05. The molecule has 0 radical (unpaired) electrons. The van der Waals surface area contributed by atoms with E-state index in [9.17, 15) is 0 Å². The topological polar surface area (TPSA) is 32.6 Å². The SMILES string of the molecule is Cc1ccc(S/C(=N\O)C(C)C)cc1. The van der Waals surface area contributed by atoms with Gasteiger partial charge in [0.1, 0.15) is 5.04 Å². The minimum absolute atomic E-state index is 0.256. The molecule has 0 aliphatic heterocycles. The van der Waals surface area contributed by atoms with Crippen LogP contribution in [0.15, 0.2) is 34.3 Å². The lowest BCUT2D eigenvalue weighted by Gasteiger charge is -2.06. The molecule has 1 aromatic rings. The molecular weight excluding hydrogens is 194 g/mol. The summed E-state index contributed by atoms with van der Waals surface area (Å²) in [7, 11) is 0. The van der Waals surface area contributed by atoms with Gasteiger partial charge >= 0.3 is 0 Å². The molecule has 0 heterocycles. The van der Waals surface area contributed by atoms with Crippen LogP contribution in [0.1, 0.15) is 19.4 Å². The normalized spacial score (nSPS) is 12.1. The Balaban J connectivity index is 2.73. The van der Waals surface area contributed by atoms with Crippen LogP contribution in [-0.4, -0.2) is 10.3 Å². The van der Waals surface area contributed by atoms with E-state index in [0.717, 1.165) is 9.94 Å². The van der Waals surface area contributed by atoms with Gasteiger partial charge in [0.15, 0.2) is 0 Å². The van der Waals surface area contributed by atoms with Crippen LogP contribution in [0.4, 0.5) is 0 Å². The fourth-order valence-electron chi connectivity index (χ4n) is 0.981. The number of thioether (sulfide) groups is 1. The fourth-order valence-corrected chi connectivity index (χ4v) is 1.77. The van der Waals surface area contributed by atoms with Crippen molar-refractivity contribution in [1.29, 1.82) is 0 Å². The maximum Gasteiger partial charge on any atom is 0.120 e. The zero-order valence-electron chi connectivity index (χ0n) is 8.69. The lowest BCUT2D eigenvalue weighted by molar-refractivity contribution is 0.318. The first-order valence-corrected chi connectivity index (χ1v) is 5.41. The van der Waals surface area contributed by atoms with Crippen molar-refractivity contribution in [2.45, 2.75) is 25.7 Å². The molecule has 0 aromatic heterocycles. The molecule has 3 heteroatoms. The summed E-state index contributed by atoms with van der Waals surface area (Å²) in [6, 6.07) is 8.18. The lowest BCUT2D eigenvalue weighted by Crippen LogP contribution is -2.01. The molecule has 0 aliphatic carbocycles. The standard InChI is InChI=1S/C11H15NOS/c1-8(2)11(12-13)14-10-6-4-9(3)5-7-10/h4-8,13H,1-3H3/b12-11-. The third-order valence-corrected chi connectivity index (χ3v) is 3.11. The Morgan fingerprint density at radius 3 is 2.29 bits per heavy atom. The molecule has 1 rings (SSSR count). The quantitative estimate of drug-likeness (QED) is 0.266. The summed E-state index contributed by atoms with van der Waals surface area (Å²) < 4.78 is 0. The van der Waals surface area contributed by atoms with E-state index in [4.69, 9.17) is 5.21 Å². The largest absolute Gasteiger partial charge is 0.410 e. The molecule has 0 spiro atoms. The second-order valence-corrected chi connectivity index (χ2v) is 4.60. The molecule has 0 atom stereocenters. The average molecular weight is 209 g/mol. The molecule has 0 fully saturated rings. The van der Waals surface area contributed by atoms with Crippen LogP contribution >= 0.6 is 11.8 Å². The smallest absolute Gasteiger partial charge is 0.120 e. The molecule has 0 unspecified atom stereocenters. The molecule has 2 nitrogen and oxygen atoms in total. The zero-order valence-corrected chi connectivity index (χ0v) is 9.51. The van der Waals surface area contributed by atoms with E-state index < -0.39 is 0 Å². The first-order valence-electron chi connectivity index (χ1n) is 4.60. The summed E-state index contributed by atoms with van der Waals surface area (Å²) in [6.45, 7) is 6.07. The van der Waals surface area contributed by atoms with Crippen LogP contribution in [0, 0.1) is 12.8 Å². The molecular formula is C11H15NOS. The number of rotatable bonds is 2. The predicted molar refractivity (Wildman–Crippen MR) is 61.1 cm³/mol. The van der Waals surface area contributed by atoms with Crippen LogP contribution in [0.5, 0.6) is 0 Å². The van der Waals surface area contributed by atoms with E-state index in [1.54, 1.807) is 0 Å². The molecule has 14 heavy (non-hydrogen) atoms. The molecule has 1 N–H and O–H groups in total.